The Balaban J connectivity index is 1.53. The smallest absolute Gasteiger partial charge is 0.313 e. The van der Waals surface area contributed by atoms with Gasteiger partial charge in [-0.2, -0.15) is 0 Å². The third-order valence-electron chi connectivity index (χ3n) is 3.99. The minimum atomic E-state index is -0.455. The Hall–Kier alpha value is -2.18. The quantitative estimate of drug-likeness (QED) is 0.620. The summed E-state index contributed by atoms with van der Waals surface area (Å²) in [7, 11) is 0. The molecule has 0 aromatic heterocycles. The minimum Gasteiger partial charge on any atom is -0.492 e. The molecular weight excluding hydrogens is 374 g/mol. The van der Waals surface area contributed by atoms with E-state index in [2.05, 4.69) is 5.32 Å². The molecule has 1 atom stereocenters. The summed E-state index contributed by atoms with van der Waals surface area (Å²) in [6.07, 6.45) is 2.41. The van der Waals surface area contributed by atoms with Crippen molar-refractivity contribution in [1.29, 1.82) is 0 Å². The topological polar surface area (TPSA) is 64.6 Å². The maximum Gasteiger partial charge on any atom is 0.313 e. The first-order valence-corrected chi connectivity index (χ1v) is 9.68. The average molecular weight is 392 g/mol. The lowest BCUT2D eigenvalue weighted by Crippen LogP contribution is -2.32. The standard InChI is InChI=1S/C19H18ClNO4S/c1-26-17-5-3-2-4-15(17)21-18(22)11-25-19(23)13-8-12-9-14(20)6-7-16(12)24-10-13/h2-7,9,13H,8,10-11H2,1H3,(H,21,22)/t13-/m1/s1. The molecule has 0 saturated carbocycles. The molecule has 2 aromatic rings. The summed E-state index contributed by atoms with van der Waals surface area (Å²) < 4.78 is 10.7. The number of nitrogens with one attached hydrogen (secondary N) is 1. The largest absolute Gasteiger partial charge is 0.492 e. The molecule has 0 spiro atoms. The van der Waals surface area contributed by atoms with E-state index in [0.717, 1.165) is 16.2 Å². The van der Waals surface area contributed by atoms with E-state index in [0.29, 0.717) is 17.1 Å². The van der Waals surface area contributed by atoms with E-state index in [1.165, 1.54) is 11.8 Å². The van der Waals surface area contributed by atoms with E-state index in [4.69, 9.17) is 21.1 Å². The molecule has 3 rings (SSSR count). The maximum atomic E-state index is 12.3. The molecule has 1 amide bonds. The van der Waals surface area contributed by atoms with Gasteiger partial charge in [0.05, 0.1) is 11.6 Å². The van der Waals surface area contributed by atoms with Crippen molar-refractivity contribution in [2.75, 3.05) is 24.8 Å². The van der Waals surface area contributed by atoms with Crippen LogP contribution in [0.2, 0.25) is 5.02 Å². The highest BCUT2D eigenvalue weighted by atomic mass is 35.5. The van der Waals surface area contributed by atoms with E-state index >= 15 is 0 Å². The molecule has 0 unspecified atom stereocenters. The number of carbonyl (C=O) groups is 2. The molecule has 1 N–H and O–H groups in total. The number of halogens is 1. The third kappa shape index (κ3) is 4.51. The van der Waals surface area contributed by atoms with Crippen molar-refractivity contribution >= 4 is 40.9 Å². The van der Waals surface area contributed by atoms with Gasteiger partial charge < -0.3 is 14.8 Å². The first-order chi connectivity index (χ1) is 12.6. The highest BCUT2D eigenvalue weighted by Gasteiger charge is 2.28. The molecular formula is C19H18ClNO4S. The fourth-order valence-corrected chi connectivity index (χ4v) is 3.45. The molecule has 0 radical (unpaired) electrons. The Kier molecular flexibility index (Phi) is 6.06. The predicted octanol–water partition coefficient (Wildman–Crippen LogP) is 3.79. The Morgan fingerprint density at radius 2 is 2.12 bits per heavy atom. The number of hydrogen-bond acceptors (Lipinski definition) is 5. The van der Waals surface area contributed by atoms with Gasteiger partial charge in [0.15, 0.2) is 6.61 Å². The summed E-state index contributed by atoms with van der Waals surface area (Å²) in [4.78, 5) is 25.3. The van der Waals surface area contributed by atoms with E-state index < -0.39 is 11.9 Å². The van der Waals surface area contributed by atoms with Gasteiger partial charge in [0, 0.05) is 9.92 Å². The number of fused-ring (bicyclic) bond motifs is 1. The van der Waals surface area contributed by atoms with Gasteiger partial charge in [-0.15, -0.1) is 11.8 Å². The molecule has 0 bridgehead atoms. The second-order valence-corrected chi connectivity index (χ2v) is 7.10. The highest BCUT2D eigenvalue weighted by Crippen LogP contribution is 2.30. The molecule has 2 aromatic carbocycles. The van der Waals surface area contributed by atoms with Crippen molar-refractivity contribution in [3.05, 3.63) is 53.1 Å². The fraction of sp³-hybridized carbons (Fsp3) is 0.263. The number of hydrogen-bond donors (Lipinski definition) is 1. The van der Waals surface area contributed by atoms with Crippen LogP contribution in [0.3, 0.4) is 0 Å². The number of ether oxygens (including phenoxy) is 2. The summed E-state index contributed by atoms with van der Waals surface area (Å²) in [6, 6.07) is 12.8. The number of carbonyl (C=O) groups excluding carboxylic acids is 2. The number of anilines is 1. The summed E-state index contributed by atoms with van der Waals surface area (Å²) in [6.45, 7) is -0.106. The minimum absolute atomic E-state index is 0.227. The van der Waals surface area contributed by atoms with Crippen LogP contribution in [0.25, 0.3) is 0 Å². The van der Waals surface area contributed by atoms with Crippen molar-refractivity contribution < 1.29 is 19.1 Å². The van der Waals surface area contributed by atoms with E-state index in [9.17, 15) is 9.59 Å². The van der Waals surface area contributed by atoms with E-state index in [1.807, 2.05) is 24.5 Å². The summed E-state index contributed by atoms with van der Waals surface area (Å²) >= 11 is 7.51. The fourth-order valence-electron chi connectivity index (χ4n) is 2.70. The zero-order chi connectivity index (χ0) is 18.5. The van der Waals surface area contributed by atoms with Crippen LogP contribution < -0.4 is 10.1 Å². The summed E-state index contributed by atoms with van der Waals surface area (Å²) in [5, 5.41) is 3.35. The molecule has 5 nitrogen and oxygen atoms in total. The first kappa shape index (κ1) is 18.6. The van der Waals surface area contributed by atoms with Gasteiger partial charge in [-0.1, -0.05) is 23.7 Å². The Labute approximate surface area is 161 Å². The van der Waals surface area contributed by atoms with Gasteiger partial charge in [-0.3, -0.25) is 9.59 Å². The Morgan fingerprint density at radius 3 is 2.92 bits per heavy atom. The molecule has 1 aliphatic heterocycles. The van der Waals surface area contributed by atoms with Crippen molar-refractivity contribution in [3.8, 4) is 5.75 Å². The van der Waals surface area contributed by atoms with Gasteiger partial charge >= 0.3 is 5.97 Å². The number of esters is 1. The average Bonchev–Trinajstić information content (AvgIpc) is 2.66. The summed E-state index contributed by atoms with van der Waals surface area (Å²) in [5.74, 6) is -0.555. The van der Waals surface area contributed by atoms with Crippen molar-refractivity contribution in [1.82, 2.24) is 0 Å². The molecule has 136 valence electrons. The van der Waals surface area contributed by atoms with Crippen molar-refractivity contribution in [3.63, 3.8) is 0 Å². The molecule has 0 aliphatic carbocycles. The predicted molar refractivity (Wildman–Crippen MR) is 102 cm³/mol. The molecule has 7 heteroatoms. The van der Waals surface area contributed by atoms with Gasteiger partial charge in [0.25, 0.3) is 5.91 Å². The van der Waals surface area contributed by atoms with Crippen LogP contribution >= 0.6 is 23.4 Å². The molecule has 0 fully saturated rings. The number of para-hydroxylation sites is 1. The molecule has 1 heterocycles. The van der Waals surface area contributed by atoms with Gasteiger partial charge in [-0.25, -0.2) is 0 Å². The van der Waals surface area contributed by atoms with Gasteiger partial charge in [0.1, 0.15) is 12.4 Å². The molecule has 0 saturated heterocycles. The number of amides is 1. The van der Waals surface area contributed by atoms with Crippen LogP contribution in [0.5, 0.6) is 5.75 Å². The summed E-state index contributed by atoms with van der Waals surface area (Å²) in [5.41, 5.74) is 1.56. The Morgan fingerprint density at radius 1 is 1.31 bits per heavy atom. The van der Waals surface area contributed by atoms with Crippen LogP contribution in [0.1, 0.15) is 5.56 Å². The van der Waals surface area contributed by atoms with Crippen LogP contribution in [-0.4, -0.2) is 31.3 Å². The van der Waals surface area contributed by atoms with E-state index in [-0.39, 0.29) is 19.1 Å². The van der Waals surface area contributed by atoms with Crippen LogP contribution in [0.15, 0.2) is 47.4 Å². The van der Waals surface area contributed by atoms with E-state index in [1.54, 1.807) is 24.3 Å². The molecule has 1 aliphatic rings. The monoisotopic (exact) mass is 391 g/mol. The zero-order valence-corrected chi connectivity index (χ0v) is 15.7. The SMILES string of the molecule is CSc1ccccc1NC(=O)COC(=O)[C@H]1COc2ccc(Cl)cc2C1. The lowest BCUT2D eigenvalue weighted by atomic mass is 9.97. The number of thioether (sulfide) groups is 1. The lowest BCUT2D eigenvalue weighted by Gasteiger charge is -2.24. The normalized spacial score (nSPS) is 15.5. The van der Waals surface area contributed by atoms with Gasteiger partial charge in [0.2, 0.25) is 0 Å². The third-order valence-corrected chi connectivity index (χ3v) is 5.02. The lowest BCUT2D eigenvalue weighted by molar-refractivity contribution is -0.152. The van der Waals surface area contributed by atoms with Crippen LogP contribution in [-0.2, 0) is 20.7 Å². The van der Waals surface area contributed by atoms with Crippen molar-refractivity contribution in [2.24, 2.45) is 5.92 Å². The van der Waals surface area contributed by atoms with Crippen LogP contribution in [0, 0.1) is 5.92 Å². The molecule has 26 heavy (non-hydrogen) atoms. The van der Waals surface area contributed by atoms with Crippen LogP contribution in [0.4, 0.5) is 5.69 Å². The number of rotatable bonds is 5. The second kappa shape index (κ2) is 8.47. The van der Waals surface area contributed by atoms with Crippen molar-refractivity contribution in [2.45, 2.75) is 11.3 Å². The van der Waals surface area contributed by atoms with Gasteiger partial charge in [-0.05, 0) is 48.6 Å². The number of benzene rings is 2. The maximum absolute atomic E-state index is 12.3. The highest BCUT2D eigenvalue weighted by molar-refractivity contribution is 7.98. The first-order valence-electron chi connectivity index (χ1n) is 8.07. The zero-order valence-electron chi connectivity index (χ0n) is 14.2. The Bertz CT molecular complexity index is 827. The second-order valence-electron chi connectivity index (χ2n) is 5.82.